The van der Waals surface area contributed by atoms with Gasteiger partial charge in [-0.05, 0) is 44.4 Å². The van der Waals surface area contributed by atoms with Crippen LogP contribution in [0.15, 0.2) is 28.8 Å². The summed E-state index contributed by atoms with van der Waals surface area (Å²) < 4.78 is 5.27. The molecule has 0 radical (unpaired) electrons. The maximum Gasteiger partial charge on any atom is 0.228 e. The van der Waals surface area contributed by atoms with Gasteiger partial charge < -0.3 is 15.2 Å². The van der Waals surface area contributed by atoms with Crippen molar-refractivity contribution in [2.75, 3.05) is 13.1 Å². The minimum absolute atomic E-state index is 0.132. The van der Waals surface area contributed by atoms with Crippen molar-refractivity contribution >= 4 is 16.9 Å². The maximum absolute atomic E-state index is 12.6. The number of carbonyl (C=O) groups excluding carboxylic acids is 1. The van der Waals surface area contributed by atoms with Crippen molar-refractivity contribution in [3.8, 4) is 0 Å². The topological polar surface area (TPSA) is 72.4 Å². The Labute approximate surface area is 124 Å². The minimum atomic E-state index is 0.132. The van der Waals surface area contributed by atoms with Gasteiger partial charge in [-0.2, -0.15) is 0 Å². The van der Waals surface area contributed by atoms with E-state index in [-0.39, 0.29) is 11.9 Å². The summed E-state index contributed by atoms with van der Waals surface area (Å²) in [5.41, 5.74) is 7.13. The van der Waals surface area contributed by atoms with Crippen LogP contribution in [0.25, 0.3) is 11.0 Å². The quantitative estimate of drug-likeness (QED) is 0.934. The second-order valence-corrected chi connectivity index (χ2v) is 5.62. The second-order valence-electron chi connectivity index (χ2n) is 5.62. The summed E-state index contributed by atoms with van der Waals surface area (Å²) in [5, 5.41) is 4.98. The van der Waals surface area contributed by atoms with E-state index >= 15 is 0 Å². The van der Waals surface area contributed by atoms with Crippen LogP contribution >= 0.6 is 0 Å². The van der Waals surface area contributed by atoms with Crippen molar-refractivity contribution in [1.29, 1.82) is 0 Å². The average molecular weight is 287 g/mol. The van der Waals surface area contributed by atoms with Gasteiger partial charge in [-0.3, -0.25) is 4.79 Å². The number of benzene rings is 1. The van der Waals surface area contributed by atoms with E-state index in [1.165, 1.54) is 6.42 Å². The van der Waals surface area contributed by atoms with E-state index in [4.69, 9.17) is 10.3 Å². The minimum Gasteiger partial charge on any atom is -0.356 e. The van der Waals surface area contributed by atoms with Crippen LogP contribution in [-0.4, -0.2) is 35.1 Å². The molecule has 1 atom stereocenters. The van der Waals surface area contributed by atoms with Gasteiger partial charge in [0.15, 0.2) is 5.58 Å². The number of nitrogens with zero attached hydrogens (tertiary/aromatic N) is 2. The Morgan fingerprint density at radius 1 is 1.38 bits per heavy atom. The molecule has 2 N–H and O–H groups in total. The molecular weight excluding hydrogens is 266 g/mol. The number of piperidine rings is 1. The van der Waals surface area contributed by atoms with Gasteiger partial charge in [-0.1, -0.05) is 17.3 Å². The van der Waals surface area contributed by atoms with E-state index in [0.29, 0.717) is 13.0 Å². The lowest BCUT2D eigenvalue weighted by Crippen LogP contribution is -2.45. The van der Waals surface area contributed by atoms with E-state index in [0.717, 1.165) is 42.5 Å². The Bertz CT molecular complexity index is 621. The highest BCUT2D eigenvalue weighted by Crippen LogP contribution is 2.23. The van der Waals surface area contributed by atoms with Gasteiger partial charge in [-0.25, -0.2) is 0 Å². The fourth-order valence-corrected chi connectivity index (χ4v) is 3.13. The highest BCUT2D eigenvalue weighted by atomic mass is 16.5. The van der Waals surface area contributed by atoms with E-state index in [9.17, 15) is 4.79 Å². The van der Waals surface area contributed by atoms with E-state index in [1.807, 2.05) is 29.2 Å². The van der Waals surface area contributed by atoms with E-state index < -0.39 is 0 Å². The summed E-state index contributed by atoms with van der Waals surface area (Å²) in [6, 6.07) is 7.94. The summed E-state index contributed by atoms with van der Waals surface area (Å²) in [7, 11) is 0. The number of hydrogen-bond acceptors (Lipinski definition) is 4. The predicted octanol–water partition coefficient (Wildman–Crippen LogP) is 2.10. The van der Waals surface area contributed by atoms with Crippen LogP contribution in [-0.2, 0) is 11.2 Å². The number of hydrogen-bond donors (Lipinski definition) is 1. The molecule has 1 amide bonds. The molecule has 0 bridgehead atoms. The van der Waals surface area contributed by atoms with E-state index in [1.54, 1.807) is 0 Å². The van der Waals surface area contributed by atoms with E-state index in [2.05, 4.69) is 5.16 Å². The normalized spacial score (nSPS) is 19.1. The molecule has 1 unspecified atom stereocenters. The van der Waals surface area contributed by atoms with Crippen LogP contribution in [0.3, 0.4) is 0 Å². The smallest absolute Gasteiger partial charge is 0.228 e. The molecule has 2 heterocycles. The monoisotopic (exact) mass is 287 g/mol. The third-order valence-corrected chi connectivity index (χ3v) is 4.22. The summed E-state index contributed by atoms with van der Waals surface area (Å²) >= 11 is 0. The first kappa shape index (κ1) is 14.1. The number of para-hydroxylation sites is 1. The molecule has 5 nitrogen and oxygen atoms in total. The molecule has 0 aliphatic carbocycles. The van der Waals surface area contributed by atoms with Crippen LogP contribution in [0, 0.1) is 0 Å². The third kappa shape index (κ3) is 2.93. The number of rotatable bonds is 4. The van der Waals surface area contributed by atoms with Crippen molar-refractivity contribution in [1.82, 2.24) is 10.1 Å². The number of aromatic nitrogens is 1. The zero-order valence-electron chi connectivity index (χ0n) is 12.1. The molecule has 3 rings (SSSR count). The first-order valence-corrected chi connectivity index (χ1v) is 7.62. The number of nitrogens with two attached hydrogens (primary N) is 1. The summed E-state index contributed by atoms with van der Waals surface area (Å²) in [4.78, 5) is 14.6. The Balaban J connectivity index is 1.75. The molecule has 2 aromatic rings. The van der Waals surface area contributed by atoms with Crippen LogP contribution in [0.4, 0.5) is 0 Å². The fourth-order valence-electron chi connectivity index (χ4n) is 3.13. The summed E-state index contributed by atoms with van der Waals surface area (Å²) in [6.07, 6.45) is 4.50. The lowest BCUT2D eigenvalue weighted by Gasteiger charge is -2.35. The largest absolute Gasteiger partial charge is 0.356 e. The molecule has 0 saturated carbocycles. The van der Waals surface area contributed by atoms with Crippen molar-refractivity contribution in [3.63, 3.8) is 0 Å². The van der Waals surface area contributed by atoms with Gasteiger partial charge in [0.05, 0.1) is 6.42 Å². The van der Waals surface area contributed by atoms with Crippen LogP contribution in [0.1, 0.15) is 31.4 Å². The second kappa shape index (κ2) is 6.26. The highest BCUT2D eigenvalue weighted by Gasteiger charge is 2.27. The zero-order valence-corrected chi connectivity index (χ0v) is 12.1. The van der Waals surface area contributed by atoms with Gasteiger partial charge >= 0.3 is 0 Å². The SMILES string of the molecule is NCCC1CCCCN1C(=O)Cc1noc2ccccc12. The number of carbonyl (C=O) groups is 1. The lowest BCUT2D eigenvalue weighted by molar-refractivity contribution is -0.134. The maximum atomic E-state index is 12.6. The van der Waals surface area contributed by atoms with Crippen LogP contribution in [0.2, 0.25) is 0 Å². The number of likely N-dealkylation sites (tertiary alicyclic amines) is 1. The fraction of sp³-hybridized carbons (Fsp3) is 0.500. The molecule has 112 valence electrons. The van der Waals surface area contributed by atoms with Gasteiger partial charge in [0, 0.05) is 18.0 Å². The predicted molar refractivity (Wildman–Crippen MR) is 80.7 cm³/mol. The number of amides is 1. The lowest BCUT2D eigenvalue weighted by atomic mass is 9.98. The molecule has 5 heteroatoms. The van der Waals surface area contributed by atoms with Crippen LogP contribution in [0.5, 0.6) is 0 Å². The molecule has 21 heavy (non-hydrogen) atoms. The third-order valence-electron chi connectivity index (χ3n) is 4.22. The molecule has 1 aromatic heterocycles. The highest BCUT2D eigenvalue weighted by molar-refractivity contribution is 5.86. The molecular formula is C16H21N3O2. The first-order valence-electron chi connectivity index (χ1n) is 7.62. The Morgan fingerprint density at radius 2 is 2.24 bits per heavy atom. The molecule has 1 fully saturated rings. The van der Waals surface area contributed by atoms with Gasteiger partial charge in [-0.15, -0.1) is 0 Å². The molecule has 1 aromatic carbocycles. The molecule has 1 aliphatic heterocycles. The first-order chi connectivity index (χ1) is 10.3. The summed E-state index contributed by atoms with van der Waals surface area (Å²) in [5.74, 6) is 0.132. The van der Waals surface area contributed by atoms with Gasteiger partial charge in [0.1, 0.15) is 5.69 Å². The summed E-state index contributed by atoms with van der Waals surface area (Å²) in [6.45, 7) is 1.46. The van der Waals surface area contributed by atoms with Crippen molar-refractivity contribution in [3.05, 3.63) is 30.0 Å². The Hall–Kier alpha value is -1.88. The molecule has 0 spiro atoms. The average Bonchev–Trinajstić information content (AvgIpc) is 2.91. The van der Waals surface area contributed by atoms with Crippen LogP contribution < -0.4 is 5.73 Å². The van der Waals surface area contributed by atoms with Gasteiger partial charge in [0.2, 0.25) is 5.91 Å². The van der Waals surface area contributed by atoms with Gasteiger partial charge in [0.25, 0.3) is 0 Å². The Kier molecular flexibility index (Phi) is 4.20. The molecule has 1 aliphatic rings. The zero-order chi connectivity index (χ0) is 14.7. The standard InChI is InChI=1S/C16H21N3O2/c17-9-8-12-5-3-4-10-19(12)16(20)11-14-13-6-1-2-7-15(13)21-18-14/h1-2,6-7,12H,3-5,8-11,17H2. The van der Waals surface area contributed by atoms with Crippen molar-refractivity contribution in [2.24, 2.45) is 5.73 Å². The van der Waals surface area contributed by atoms with Crippen molar-refractivity contribution in [2.45, 2.75) is 38.1 Å². The number of fused-ring (bicyclic) bond motifs is 1. The van der Waals surface area contributed by atoms with Crippen molar-refractivity contribution < 1.29 is 9.32 Å². The molecule has 1 saturated heterocycles. The Morgan fingerprint density at radius 3 is 3.10 bits per heavy atom.